The molecule has 0 aliphatic heterocycles. The van der Waals surface area contributed by atoms with Crippen molar-refractivity contribution in [2.24, 2.45) is 0 Å². The standard InChI is InChI=1S/C17H19N3/c1-3-20-16-7-5-4-6-15(16)19-17(20)18-12-14-10-8-13(2)9-11-14/h4-11H,3,12H2,1-2H3,(H,18,19). The third kappa shape index (κ3) is 2.39. The van der Waals surface area contributed by atoms with Crippen LogP contribution in [0.25, 0.3) is 11.0 Å². The Bertz CT molecular complexity index is 711. The molecule has 3 heteroatoms. The lowest BCUT2D eigenvalue weighted by molar-refractivity contribution is 0.787. The zero-order valence-corrected chi connectivity index (χ0v) is 11.9. The summed E-state index contributed by atoms with van der Waals surface area (Å²) in [7, 11) is 0. The van der Waals surface area contributed by atoms with Gasteiger partial charge in [0.25, 0.3) is 0 Å². The average molecular weight is 265 g/mol. The van der Waals surface area contributed by atoms with Gasteiger partial charge in [-0.05, 0) is 31.5 Å². The molecule has 0 saturated carbocycles. The number of anilines is 1. The van der Waals surface area contributed by atoms with E-state index < -0.39 is 0 Å². The lowest BCUT2D eigenvalue weighted by atomic mass is 10.1. The first-order valence-corrected chi connectivity index (χ1v) is 7.02. The smallest absolute Gasteiger partial charge is 0.204 e. The Morgan fingerprint density at radius 1 is 1.05 bits per heavy atom. The quantitative estimate of drug-likeness (QED) is 0.773. The molecule has 20 heavy (non-hydrogen) atoms. The molecule has 0 spiro atoms. The molecule has 3 nitrogen and oxygen atoms in total. The first-order valence-electron chi connectivity index (χ1n) is 7.02. The van der Waals surface area contributed by atoms with Crippen LogP contribution in [0.3, 0.4) is 0 Å². The minimum Gasteiger partial charge on any atom is -0.352 e. The van der Waals surface area contributed by atoms with Crippen LogP contribution in [0.2, 0.25) is 0 Å². The van der Waals surface area contributed by atoms with E-state index in [-0.39, 0.29) is 0 Å². The molecule has 0 fully saturated rings. The number of imidazole rings is 1. The van der Waals surface area contributed by atoms with Gasteiger partial charge in [-0.3, -0.25) is 0 Å². The van der Waals surface area contributed by atoms with Crippen molar-refractivity contribution in [2.45, 2.75) is 26.9 Å². The summed E-state index contributed by atoms with van der Waals surface area (Å²) < 4.78 is 2.21. The summed E-state index contributed by atoms with van der Waals surface area (Å²) in [5.74, 6) is 0.939. The maximum Gasteiger partial charge on any atom is 0.204 e. The molecular formula is C17H19N3. The van der Waals surface area contributed by atoms with Crippen molar-refractivity contribution in [3.8, 4) is 0 Å². The first-order chi connectivity index (χ1) is 9.78. The van der Waals surface area contributed by atoms with Crippen LogP contribution in [0.5, 0.6) is 0 Å². The molecule has 0 saturated heterocycles. The van der Waals surface area contributed by atoms with Crippen molar-refractivity contribution < 1.29 is 0 Å². The summed E-state index contributed by atoms with van der Waals surface area (Å²) in [5, 5.41) is 3.44. The Morgan fingerprint density at radius 3 is 2.55 bits per heavy atom. The molecule has 102 valence electrons. The molecule has 3 rings (SSSR count). The van der Waals surface area contributed by atoms with Gasteiger partial charge in [0.15, 0.2) is 0 Å². The van der Waals surface area contributed by atoms with E-state index in [1.165, 1.54) is 16.6 Å². The highest BCUT2D eigenvalue weighted by atomic mass is 15.2. The van der Waals surface area contributed by atoms with Crippen LogP contribution in [0.1, 0.15) is 18.1 Å². The van der Waals surface area contributed by atoms with Gasteiger partial charge in [0.05, 0.1) is 11.0 Å². The van der Waals surface area contributed by atoms with Crippen molar-refractivity contribution >= 4 is 17.0 Å². The van der Waals surface area contributed by atoms with E-state index in [2.05, 4.69) is 71.2 Å². The molecule has 1 heterocycles. The van der Waals surface area contributed by atoms with Crippen LogP contribution in [-0.2, 0) is 13.1 Å². The minimum atomic E-state index is 0.795. The van der Waals surface area contributed by atoms with Gasteiger partial charge in [-0.2, -0.15) is 0 Å². The molecule has 0 atom stereocenters. The van der Waals surface area contributed by atoms with Gasteiger partial charge in [-0.25, -0.2) is 4.98 Å². The highest BCUT2D eigenvalue weighted by Gasteiger charge is 2.08. The summed E-state index contributed by atoms with van der Waals surface area (Å²) in [5.41, 5.74) is 4.78. The monoisotopic (exact) mass is 265 g/mol. The van der Waals surface area contributed by atoms with Crippen LogP contribution < -0.4 is 5.32 Å². The number of hydrogen-bond acceptors (Lipinski definition) is 2. The van der Waals surface area contributed by atoms with E-state index in [1.807, 2.05) is 6.07 Å². The Balaban J connectivity index is 1.85. The molecular weight excluding hydrogens is 246 g/mol. The lowest BCUT2D eigenvalue weighted by Gasteiger charge is -2.08. The highest BCUT2D eigenvalue weighted by molar-refractivity contribution is 5.78. The number of aryl methyl sites for hydroxylation is 2. The zero-order valence-electron chi connectivity index (χ0n) is 11.9. The molecule has 2 aromatic carbocycles. The number of fused-ring (bicyclic) bond motifs is 1. The number of aromatic nitrogens is 2. The Hall–Kier alpha value is -2.29. The summed E-state index contributed by atoms with van der Waals surface area (Å²) in [4.78, 5) is 4.67. The number of hydrogen-bond donors (Lipinski definition) is 1. The van der Waals surface area contributed by atoms with Crippen LogP contribution in [-0.4, -0.2) is 9.55 Å². The summed E-state index contributed by atoms with van der Waals surface area (Å²) >= 11 is 0. The molecule has 0 bridgehead atoms. The fraction of sp³-hybridized carbons (Fsp3) is 0.235. The second-order valence-electron chi connectivity index (χ2n) is 5.01. The summed E-state index contributed by atoms with van der Waals surface area (Å²) in [6.45, 7) is 5.96. The van der Waals surface area contributed by atoms with Crippen LogP contribution in [0.15, 0.2) is 48.5 Å². The van der Waals surface area contributed by atoms with Crippen molar-refractivity contribution in [3.63, 3.8) is 0 Å². The van der Waals surface area contributed by atoms with E-state index in [0.717, 1.165) is 24.6 Å². The van der Waals surface area contributed by atoms with Gasteiger partial charge >= 0.3 is 0 Å². The minimum absolute atomic E-state index is 0.795. The largest absolute Gasteiger partial charge is 0.352 e. The second kappa shape index (κ2) is 5.37. The van der Waals surface area contributed by atoms with Crippen LogP contribution in [0.4, 0.5) is 5.95 Å². The Labute approximate surface area is 119 Å². The third-order valence-corrected chi connectivity index (χ3v) is 3.54. The Morgan fingerprint density at radius 2 is 1.80 bits per heavy atom. The van der Waals surface area contributed by atoms with E-state index in [9.17, 15) is 0 Å². The number of benzene rings is 2. The molecule has 0 aliphatic carbocycles. The second-order valence-corrected chi connectivity index (χ2v) is 5.01. The van der Waals surface area contributed by atoms with Crippen molar-refractivity contribution in [2.75, 3.05) is 5.32 Å². The van der Waals surface area contributed by atoms with Crippen molar-refractivity contribution in [1.29, 1.82) is 0 Å². The fourth-order valence-corrected chi connectivity index (χ4v) is 2.42. The normalized spacial score (nSPS) is 10.9. The SMILES string of the molecule is CCn1c(NCc2ccc(C)cc2)nc2ccccc21. The van der Waals surface area contributed by atoms with E-state index in [0.29, 0.717) is 0 Å². The van der Waals surface area contributed by atoms with Gasteiger partial charge < -0.3 is 9.88 Å². The zero-order chi connectivity index (χ0) is 13.9. The van der Waals surface area contributed by atoms with Crippen LogP contribution >= 0.6 is 0 Å². The first kappa shape index (κ1) is 12.7. The van der Waals surface area contributed by atoms with Crippen molar-refractivity contribution in [1.82, 2.24) is 9.55 Å². The van der Waals surface area contributed by atoms with Gasteiger partial charge in [0, 0.05) is 13.1 Å². The van der Waals surface area contributed by atoms with E-state index in [1.54, 1.807) is 0 Å². The fourth-order valence-electron chi connectivity index (χ4n) is 2.42. The summed E-state index contributed by atoms with van der Waals surface area (Å²) in [6, 6.07) is 16.8. The molecule has 1 aromatic heterocycles. The number of rotatable bonds is 4. The topological polar surface area (TPSA) is 29.9 Å². The number of nitrogens with zero attached hydrogens (tertiary/aromatic N) is 2. The van der Waals surface area contributed by atoms with Gasteiger partial charge in [-0.15, -0.1) is 0 Å². The molecule has 0 unspecified atom stereocenters. The molecule has 0 aliphatic rings. The number of nitrogens with one attached hydrogen (secondary N) is 1. The summed E-state index contributed by atoms with van der Waals surface area (Å²) in [6.07, 6.45) is 0. The molecule has 0 amide bonds. The lowest BCUT2D eigenvalue weighted by Crippen LogP contribution is -2.06. The highest BCUT2D eigenvalue weighted by Crippen LogP contribution is 2.19. The predicted molar refractivity (Wildman–Crippen MR) is 83.9 cm³/mol. The predicted octanol–water partition coefficient (Wildman–Crippen LogP) is 3.98. The molecule has 0 radical (unpaired) electrons. The number of para-hydroxylation sites is 2. The van der Waals surface area contributed by atoms with Gasteiger partial charge in [0.1, 0.15) is 0 Å². The van der Waals surface area contributed by atoms with E-state index >= 15 is 0 Å². The maximum absolute atomic E-state index is 4.67. The van der Waals surface area contributed by atoms with Crippen molar-refractivity contribution in [3.05, 3.63) is 59.7 Å². The third-order valence-electron chi connectivity index (χ3n) is 3.54. The molecule has 3 aromatic rings. The Kier molecular flexibility index (Phi) is 3.42. The molecule has 1 N–H and O–H groups in total. The maximum atomic E-state index is 4.67. The average Bonchev–Trinajstić information content (AvgIpc) is 2.84. The van der Waals surface area contributed by atoms with E-state index in [4.69, 9.17) is 0 Å². The van der Waals surface area contributed by atoms with Crippen LogP contribution in [0, 0.1) is 6.92 Å². The van der Waals surface area contributed by atoms with Gasteiger partial charge in [-0.1, -0.05) is 42.0 Å². The van der Waals surface area contributed by atoms with Gasteiger partial charge in [0.2, 0.25) is 5.95 Å².